The summed E-state index contributed by atoms with van der Waals surface area (Å²) in [4.78, 5) is 0. The van der Waals surface area contributed by atoms with Crippen LogP contribution in [0.2, 0.25) is 0 Å². The largest absolute Gasteiger partial charge is 0.521 e. The van der Waals surface area contributed by atoms with E-state index in [2.05, 4.69) is 11.4 Å². The van der Waals surface area contributed by atoms with Crippen molar-refractivity contribution in [1.29, 1.82) is 0 Å². The molecule has 11 aromatic carbocycles. The molecule has 0 N–H and O–H groups in total. The topological polar surface area (TPSA) is 129 Å². The second-order valence-corrected chi connectivity index (χ2v) is 52.4. The Balaban J connectivity index is 1.18. The molecular weight excluding hydrogens is 1390 g/mol. The second-order valence-electron chi connectivity index (χ2n) is 23.1. The molecule has 4 aliphatic rings. The van der Waals surface area contributed by atoms with Crippen LogP contribution < -0.4 is 46.7 Å². The fraction of sp³-hybridized carbons (Fsp3) is 0.0141. The summed E-state index contributed by atoms with van der Waals surface area (Å²) in [6.45, 7) is 0. The first kappa shape index (κ1) is 64.7. The first-order valence-corrected chi connectivity index (χ1v) is 49.9. The van der Waals surface area contributed by atoms with Crippen molar-refractivity contribution in [3.05, 3.63) is 356 Å². The van der Waals surface area contributed by atoms with Gasteiger partial charge < -0.3 is 57.9 Å². The molecule has 11 aromatic rings. The summed E-state index contributed by atoms with van der Waals surface area (Å²) in [5.74, 6) is 0. The fourth-order valence-corrected chi connectivity index (χ4v) is 64.0. The Morgan fingerprint density at radius 1 is 0.281 bits per heavy atom. The Labute approximate surface area is 574 Å². The van der Waals surface area contributed by atoms with Crippen molar-refractivity contribution < 1.29 is 57.9 Å². The van der Waals surface area contributed by atoms with Crippen LogP contribution in [0, 0.1) is 0 Å². The molecule has 96 heavy (non-hydrogen) atoms. The molecule has 4 fully saturated rings. The third kappa shape index (κ3) is 13.0. The Hall–Kier alpha value is -7.27. The lowest BCUT2D eigenvalue weighted by Gasteiger charge is -2.54. The Morgan fingerprint density at radius 2 is 0.594 bits per heavy atom. The summed E-state index contributed by atoms with van der Waals surface area (Å²) in [6, 6.07) is 109. The van der Waals surface area contributed by atoms with Gasteiger partial charge in [0.25, 0.3) is 0 Å². The summed E-state index contributed by atoms with van der Waals surface area (Å²) in [5, 5.41) is 5.39. The molecule has 478 valence electrons. The zero-order valence-corrected chi connectivity index (χ0v) is 64.5. The van der Waals surface area contributed by atoms with Gasteiger partial charge in [0.2, 0.25) is 0 Å². The highest BCUT2D eigenvalue weighted by Crippen LogP contribution is 2.41. The van der Waals surface area contributed by atoms with E-state index in [4.69, 9.17) is 57.9 Å². The monoisotopic (exact) mass is 1450 g/mol. The molecule has 4 saturated heterocycles. The van der Waals surface area contributed by atoms with Crippen LogP contribution in [0.15, 0.2) is 345 Å². The molecule has 25 heteroatoms. The van der Waals surface area contributed by atoms with E-state index in [-0.39, 0.29) is 16.7 Å². The van der Waals surface area contributed by atoms with Gasteiger partial charge in [-0.25, -0.2) is 0 Å². The number of rotatable bonds is 14. The van der Waals surface area contributed by atoms with Crippen molar-refractivity contribution in [3.8, 4) is 0 Å². The molecule has 0 spiro atoms. The van der Waals surface area contributed by atoms with E-state index in [0.717, 1.165) is 21.5 Å². The smallest absolute Gasteiger partial charge is 0.422 e. The van der Waals surface area contributed by atoms with Gasteiger partial charge in [-0.3, -0.25) is 0 Å². The Morgan fingerprint density at radius 3 is 1.03 bits per heavy atom. The van der Waals surface area contributed by atoms with E-state index in [0.29, 0.717) is 36.3 Å². The molecule has 15 rings (SSSR count). The van der Waals surface area contributed by atoms with Gasteiger partial charge in [0, 0.05) is 31.1 Å². The zero-order valence-electron chi connectivity index (χ0n) is 52.1. The van der Waals surface area contributed by atoms with Crippen LogP contribution in [-0.4, -0.2) is 105 Å². The summed E-state index contributed by atoms with van der Waals surface area (Å²) < 4.78 is 118. The van der Waals surface area contributed by atoms with Crippen molar-refractivity contribution in [2.24, 2.45) is 0 Å². The standard InChI is InChI=1S/C71H66O14Si11/c86-73-92(67-46-24-7-25-47-67)78-89(64-40-18-4-19-41-64,58-56-61-34-12-1-13-35-61)74-87-60-72-91(66-44-22-6-23-45-66)76-88(63-38-16-3-17-39-63)77-94(69-50-28-9-29-51-69)79-90(65-42-20-5-21-43-65,59-57-62-36-14-2-15-37-62)80-95(81-91,70-52-30-10-31-53-70)83-93(75-87,68-48-26-8-27-49-68)84-96(82-92,85-94)71-54-32-11-33-55-71/h1-59,87-88H,60H2,86H3/b58-56+,59-57+/t87?,88?,89?,90?,91?,92?,93-,94?,95?,96?/m0/s1. The van der Waals surface area contributed by atoms with Gasteiger partial charge in [-0.15, -0.1) is 0 Å². The maximum absolute atomic E-state index is 8.87. The molecule has 0 aromatic heterocycles. The molecule has 4 heterocycles. The van der Waals surface area contributed by atoms with Crippen LogP contribution in [0.5, 0.6) is 0 Å². The van der Waals surface area contributed by atoms with Crippen molar-refractivity contribution in [1.82, 2.24) is 0 Å². The highest BCUT2D eigenvalue weighted by Gasteiger charge is 2.76. The number of hydrogen-bond donors (Lipinski definition) is 0. The lowest BCUT2D eigenvalue weighted by Crippen LogP contribution is -2.86. The first-order chi connectivity index (χ1) is 47.2. The minimum Gasteiger partial charge on any atom is -0.422 e. The highest BCUT2D eigenvalue weighted by molar-refractivity contribution is 7.10. The van der Waals surface area contributed by atoms with Crippen LogP contribution in [0.4, 0.5) is 0 Å². The highest BCUT2D eigenvalue weighted by atomic mass is 28.6. The molecule has 4 aliphatic heterocycles. The normalized spacial score (nSPS) is 29.2. The van der Waals surface area contributed by atoms with E-state index >= 15 is 0 Å². The van der Waals surface area contributed by atoms with Crippen LogP contribution in [0.3, 0.4) is 0 Å². The van der Waals surface area contributed by atoms with Crippen molar-refractivity contribution >= 4 is 158 Å². The SMILES string of the molecule is [SiH3]O[Si]1(c2ccccc2)O[Si](/C=C/c2ccccc2)(c2ccccc2)O[SiH]2CO[Si]3(c4ccccc4)O[SiH](c4ccccc4)O[Si]4(c5ccccc5)O[Si](/C=C/c5ccccc5)(c5ccccc5)O[Si](c5ccccc5)(O3)O[Si@](c3ccccc3)(O2)O[Si](c2ccccc2)(O1)O4. The van der Waals surface area contributed by atoms with Gasteiger partial charge in [-0.05, 0) is 38.1 Å². The maximum atomic E-state index is 8.87. The van der Waals surface area contributed by atoms with Crippen LogP contribution in [0.25, 0.3) is 12.2 Å². The summed E-state index contributed by atoms with van der Waals surface area (Å²) in [5.41, 5.74) is 5.88. The Bertz CT molecular complexity index is 4430. The van der Waals surface area contributed by atoms with E-state index in [1.807, 2.05) is 346 Å². The molecule has 0 aliphatic carbocycles. The molecule has 0 saturated carbocycles. The van der Waals surface area contributed by atoms with Crippen molar-refractivity contribution in [3.63, 3.8) is 0 Å². The van der Waals surface area contributed by atoms with Crippen LogP contribution in [0.1, 0.15) is 11.1 Å². The van der Waals surface area contributed by atoms with Gasteiger partial charge in [0.05, 0.1) is 6.23 Å². The van der Waals surface area contributed by atoms with Crippen molar-refractivity contribution in [2.45, 2.75) is 0 Å². The fourth-order valence-electron chi connectivity index (χ4n) is 12.2. The first-order valence-electron chi connectivity index (χ1n) is 31.7. The molecule has 6 bridgehead atoms. The molecule has 14 nitrogen and oxygen atoms in total. The van der Waals surface area contributed by atoms with E-state index < -0.39 is 88.5 Å². The minimum absolute atomic E-state index is 0.0630. The third-order valence-corrected chi connectivity index (χ3v) is 57.5. The molecule has 10 atom stereocenters. The van der Waals surface area contributed by atoms with Gasteiger partial charge >= 0.3 is 88.5 Å². The van der Waals surface area contributed by atoms with Crippen LogP contribution >= 0.6 is 0 Å². The third-order valence-electron chi connectivity index (χ3n) is 16.8. The van der Waals surface area contributed by atoms with Gasteiger partial charge in [-0.2, -0.15) is 0 Å². The number of fused-ring (bicyclic) bond motifs is 6. The lowest BCUT2D eigenvalue weighted by atomic mass is 10.2. The van der Waals surface area contributed by atoms with E-state index in [9.17, 15) is 0 Å². The summed E-state index contributed by atoms with van der Waals surface area (Å²) >= 11 is 0. The maximum Gasteiger partial charge on any atom is 0.521 e. The van der Waals surface area contributed by atoms with Gasteiger partial charge in [0.15, 0.2) is 0 Å². The number of benzene rings is 11. The summed E-state index contributed by atoms with van der Waals surface area (Å²) in [6.07, 6.45) is 3.86. The van der Waals surface area contributed by atoms with Gasteiger partial charge in [0.1, 0.15) is 10.5 Å². The van der Waals surface area contributed by atoms with Crippen molar-refractivity contribution in [2.75, 3.05) is 6.23 Å². The van der Waals surface area contributed by atoms with Gasteiger partial charge in [-0.1, -0.05) is 346 Å². The molecular formula is C71H66O14Si11. The predicted molar refractivity (Wildman–Crippen MR) is 396 cm³/mol. The Kier molecular flexibility index (Phi) is 18.8. The average molecular weight is 1450 g/mol. The zero-order chi connectivity index (χ0) is 64.8. The lowest BCUT2D eigenvalue weighted by molar-refractivity contribution is 0.0926. The quantitative estimate of drug-likeness (QED) is 0.123. The van der Waals surface area contributed by atoms with E-state index in [1.54, 1.807) is 0 Å². The molecule has 0 radical (unpaired) electrons. The molecule has 9 unspecified atom stereocenters. The minimum atomic E-state index is -5.36. The summed E-state index contributed by atoms with van der Waals surface area (Å²) in [7, 11) is -47.3. The van der Waals surface area contributed by atoms with E-state index in [1.165, 1.54) is 0 Å². The predicted octanol–water partition coefficient (Wildman–Crippen LogP) is 5.72. The number of hydrogen-bond acceptors (Lipinski definition) is 14. The molecule has 0 amide bonds. The van der Waals surface area contributed by atoms with Crippen LogP contribution in [-0.2, 0) is 57.9 Å². The second kappa shape index (κ2) is 27.9. The average Bonchev–Trinajstić information content (AvgIpc) is 1.01.